The van der Waals surface area contributed by atoms with E-state index in [0.29, 0.717) is 17.1 Å². The van der Waals surface area contributed by atoms with Crippen LogP contribution < -0.4 is 20.1 Å². The zero-order chi connectivity index (χ0) is 21.5. The molecule has 0 aromatic heterocycles. The van der Waals surface area contributed by atoms with Crippen molar-refractivity contribution in [1.29, 1.82) is 0 Å². The van der Waals surface area contributed by atoms with E-state index in [4.69, 9.17) is 9.47 Å². The zero-order valence-corrected chi connectivity index (χ0v) is 18.5. The molecule has 2 N–H and O–H groups in total. The van der Waals surface area contributed by atoms with Gasteiger partial charge in [-0.2, -0.15) is 0 Å². The Balaban J connectivity index is 1.47. The molecule has 2 amide bonds. The van der Waals surface area contributed by atoms with Crippen LogP contribution in [0.1, 0.15) is 62.7 Å². The van der Waals surface area contributed by atoms with Gasteiger partial charge in [-0.15, -0.1) is 0 Å². The number of carbonyl (C=O) groups is 2. The normalized spacial score (nSPS) is 30.1. The van der Waals surface area contributed by atoms with E-state index >= 15 is 0 Å². The van der Waals surface area contributed by atoms with E-state index in [1.54, 1.807) is 32.4 Å². The number of carbonyl (C=O) groups excluding carboxylic acids is 2. The van der Waals surface area contributed by atoms with Crippen LogP contribution in [0.3, 0.4) is 0 Å². The molecule has 0 unspecified atom stereocenters. The first-order valence-electron chi connectivity index (χ1n) is 11.2. The molecule has 6 heteroatoms. The lowest BCUT2D eigenvalue weighted by molar-refractivity contribution is -0.129. The largest absolute Gasteiger partial charge is 0.497 e. The van der Waals surface area contributed by atoms with Gasteiger partial charge in [0.1, 0.15) is 17.5 Å². The summed E-state index contributed by atoms with van der Waals surface area (Å²) in [6.07, 6.45) is 7.27. The molecule has 164 valence electrons. The van der Waals surface area contributed by atoms with Crippen molar-refractivity contribution in [2.24, 2.45) is 23.7 Å². The number of amides is 2. The van der Waals surface area contributed by atoms with Gasteiger partial charge in [-0.1, -0.05) is 13.8 Å². The van der Waals surface area contributed by atoms with Gasteiger partial charge in [-0.3, -0.25) is 9.59 Å². The third-order valence-electron chi connectivity index (χ3n) is 7.28. The molecule has 0 heterocycles. The number of hydrogen-bond donors (Lipinski definition) is 2. The highest BCUT2D eigenvalue weighted by Gasteiger charge is 2.52. The average Bonchev–Trinajstić information content (AvgIpc) is 2.69. The molecule has 1 atom stereocenters. The van der Waals surface area contributed by atoms with Crippen molar-refractivity contribution in [3.63, 3.8) is 0 Å². The molecule has 4 aliphatic carbocycles. The highest BCUT2D eigenvalue weighted by molar-refractivity contribution is 5.98. The molecular formula is C24H34N2O4. The molecule has 5 rings (SSSR count). The fraction of sp³-hybridized carbons (Fsp3) is 0.667. The van der Waals surface area contributed by atoms with E-state index in [1.165, 1.54) is 19.3 Å². The monoisotopic (exact) mass is 414 g/mol. The van der Waals surface area contributed by atoms with Crippen molar-refractivity contribution in [3.8, 4) is 11.5 Å². The Hall–Kier alpha value is -2.24. The van der Waals surface area contributed by atoms with Gasteiger partial charge in [0.25, 0.3) is 5.91 Å². The number of benzene rings is 1. The van der Waals surface area contributed by atoms with Crippen molar-refractivity contribution in [2.45, 2.75) is 64.0 Å². The molecular weight excluding hydrogens is 380 g/mol. The van der Waals surface area contributed by atoms with Crippen molar-refractivity contribution >= 4 is 11.8 Å². The summed E-state index contributed by atoms with van der Waals surface area (Å²) in [6, 6.07) is 4.46. The summed E-state index contributed by atoms with van der Waals surface area (Å²) < 4.78 is 10.5. The Morgan fingerprint density at radius 2 is 1.43 bits per heavy atom. The predicted octanol–water partition coefficient (Wildman–Crippen LogP) is 3.54. The molecule has 4 saturated carbocycles. The molecule has 0 spiro atoms. The van der Waals surface area contributed by atoms with Crippen LogP contribution in [-0.2, 0) is 4.79 Å². The predicted molar refractivity (Wildman–Crippen MR) is 115 cm³/mol. The minimum atomic E-state index is -0.581. The van der Waals surface area contributed by atoms with Crippen LogP contribution in [0.2, 0.25) is 0 Å². The average molecular weight is 415 g/mol. The molecule has 0 saturated heterocycles. The Kier molecular flexibility index (Phi) is 5.69. The second-order valence-electron chi connectivity index (χ2n) is 9.98. The minimum absolute atomic E-state index is 0.0182. The fourth-order valence-electron chi connectivity index (χ4n) is 6.30. The van der Waals surface area contributed by atoms with Gasteiger partial charge in [-0.25, -0.2) is 0 Å². The van der Waals surface area contributed by atoms with Crippen LogP contribution in [0.5, 0.6) is 11.5 Å². The minimum Gasteiger partial charge on any atom is -0.497 e. The lowest BCUT2D eigenvalue weighted by atomic mass is 9.53. The van der Waals surface area contributed by atoms with Gasteiger partial charge < -0.3 is 20.1 Å². The number of hydrogen-bond acceptors (Lipinski definition) is 4. The Bertz CT molecular complexity index is 762. The van der Waals surface area contributed by atoms with Crippen LogP contribution in [0, 0.1) is 23.7 Å². The van der Waals surface area contributed by atoms with Crippen LogP contribution in [0.15, 0.2) is 18.2 Å². The number of nitrogens with one attached hydrogen (secondary N) is 2. The van der Waals surface area contributed by atoms with Crippen molar-refractivity contribution in [1.82, 2.24) is 10.6 Å². The van der Waals surface area contributed by atoms with Crippen molar-refractivity contribution in [2.75, 3.05) is 14.2 Å². The third kappa shape index (κ3) is 4.14. The molecule has 1 aromatic rings. The standard InChI is InChI=1S/C24H34N2O4/c1-14(2)21(25-22(27)18-8-19(29-3)10-20(9-18)30-4)23(28)26-24-11-15-5-16(12-24)7-17(6-15)13-24/h8-10,14-17,21H,5-7,11-13H2,1-4H3,(H,25,27)(H,26,28)/t15?,16?,17?,21-,24?/m1/s1. The summed E-state index contributed by atoms with van der Waals surface area (Å²) in [7, 11) is 3.10. The Labute approximate surface area is 179 Å². The topological polar surface area (TPSA) is 76.7 Å². The van der Waals surface area contributed by atoms with E-state index in [0.717, 1.165) is 37.0 Å². The molecule has 1 aromatic carbocycles. The fourth-order valence-corrected chi connectivity index (χ4v) is 6.30. The highest BCUT2D eigenvalue weighted by Crippen LogP contribution is 2.55. The summed E-state index contributed by atoms with van der Waals surface area (Å²) >= 11 is 0. The van der Waals surface area contributed by atoms with Crippen LogP contribution in [-0.4, -0.2) is 37.6 Å². The van der Waals surface area contributed by atoms with Gasteiger partial charge in [0, 0.05) is 17.2 Å². The molecule has 4 fully saturated rings. The number of rotatable bonds is 7. The smallest absolute Gasteiger partial charge is 0.252 e. The molecule has 4 aliphatic rings. The second kappa shape index (κ2) is 8.12. The highest BCUT2D eigenvalue weighted by atomic mass is 16.5. The van der Waals surface area contributed by atoms with Gasteiger partial charge in [-0.05, 0) is 74.3 Å². The maximum absolute atomic E-state index is 13.3. The molecule has 4 bridgehead atoms. The van der Waals surface area contributed by atoms with E-state index in [2.05, 4.69) is 10.6 Å². The first-order valence-corrected chi connectivity index (χ1v) is 11.2. The number of methoxy groups -OCH3 is 2. The molecule has 0 aliphatic heterocycles. The van der Waals surface area contributed by atoms with E-state index < -0.39 is 6.04 Å². The Morgan fingerprint density at radius 1 is 0.933 bits per heavy atom. The summed E-state index contributed by atoms with van der Waals surface area (Å²) in [5.74, 6) is 2.97. The summed E-state index contributed by atoms with van der Waals surface area (Å²) in [5, 5.41) is 6.36. The van der Waals surface area contributed by atoms with Gasteiger partial charge in [0.05, 0.1) is 14.2 Å². The molecule has 30 heavy (non-hydrogen) atoms. The van der Waals surface area contributed by atoms with Gasteiger partial charge >= 0.3 is 0 Å². The van der Waals surface area contributed by atoms with E-state index in [9.17, 15) is 9.59 Å². The van der Waals surface area contributed by atoms with Crippen molar-refractivity contribution < 1.29 is 19.1 Å². The van der Waals surface area contributed by atoms with E-state index in [-0.39, 0.29) is 23.3 Å². The second-order valence-corrected chi connectivity index (χ2v) is 9.98. The maximum atomic E-state index is 13.3. The number of ether oxygens (including phenoxy) is 2. The van der Waals surface area contributed by atoms with Crippen LogP contribution in [0.25, 0.3) is 0 Å². The van der Waals surface area contributed by atoms with Crippen molar-refractivity contribution in [3.05, 3.63) is 23.8 Å². The molecule has 0 radical (unpaired) electrons. The zero-order valence-electron chi connectivity index (χ0n) is 18.5. The lowest BCUT2D eigenvalue weighted by Crippen LogP contribution is -2.63. The first kappa shape index (κ1) is 21.0. The summed E-state index contributed by atoms with van der Waals surface area (Å²) in [4.78, 5) is 26.3. The maximum Gasteiger partial charge on any atom is 0.252 e. The lowest BCUT2D eigenvalue weighted by Gasteiger charge is -2.57. The SMILES string of the molecule is COc1cc(OC)cc(C(=O)N[C@@H](C(=O)NC23CC4CC(CC(C4)C2)C3)C(C)C)c1. The third-order valence-corrected chi connectivity index (χ3v) is 7.28. The van der Waals surface area contributed by atoms with Crippen LogP contribution in [0.4, 0.5) is 0 Å². The Morgan fingerprint density at radius 3 is 1.87 bits per heavy atom. The first-order chi connectivity index (χ1) is 14.3. The van der Waals surface area contributed by atoms with Gasteiger partial charge in [0.15, 0.2) is 0 Å². The van der Waals surface area contributed by atoms with E-state index in [1.807, 2.05) is 13.8 Å². The van der Waals surface area contributed by atoms with Gasteiger partial charge in [0.2, 0.25) is 5.91 Å². The summed E-state index contributed by atoms with van der Waals surface area (Å²) in [5.41, 5.74) is 0.350. The van der Waals surface area contributed by atoms with Crippen LogP contribution >= 0.6 is 0 Å². The quantitative estimate of drug-likeness (QED) is 0.715. The summed E-state index contributed by atoms with van der Waals surface area (Å²) in [6.45, 7) is 3.94. The molecule has 6 nitrogen and oxygen atoms in total.